The molecule has 12 heavy (non-hydrogen) atoms. The van der Waals surface area contributed by atoms with Crippen LogP contribution in [-0.2, 0) is 4.79 Å². The Balaban J connectivity index is 4.22. The molecule has 0 atom stereocenters. The van der Waals surface area contributed by atoms with Gasteiger partial charge in [-0.25, -0.2) is 0 Å². The molecule has 0 aliphatic carbocycles. The monoisotopic (exact) mass is 172 g/mol. The molecule has 0 heterocycles. The zero-order valence-corrected chi connectivity index (χ0v) is 8.55. The van der Waals surface area contributed by atoms with Gasteiger partial charge in [-0.05, 0) is 6.92 Å². The van der Waals surface area contributed by atoms with Crippen molar-refractivity contribution < 1.29 is 4.79 Å². The molecule has 0 aliphatic heterocycles. The number of nitrogens with two attached hydrogens (primary N) is 1. The molecule has 0 saturated carbocycles. The first-order chi connectivity index (χ1) is 5.43. The third-order valence-electron chi connectivity index (χ3n) is 1.71. The number of nitrogens with zero attached hydrogens (tertiary/aromatic N) is 1. The summed E-state index contributed by atoms with van der Waals surface area (Å²) in [5.41, 5.74) is 5.11. The Bertz CT molecular complexity index is 149. The molecule has 0 aromatic carbocycles. The summed E-state index contributed by atoms with van der Waals surface area (Å²) in [6.45, 7) is 9.69. The summed E-state index contributed by atoms with van der Waals surface area (Å²) < 4.78 is 0. The molecule has 0 aromatic rings. The van der Waals surface area contributed by atoms with Crippen molar-refractivity contribution in [3.05, 3.63) is 0 Å². The van der Waals surface area contributed by atoms with Crippen LogP contribution < -0.4 is 5.73 Å². The summed E-state index contributed by atoms with van der Waals surface area (Å²) in [5, 5.41) is 0. The first kappa shape index (κ1) is 11.4. The quantitative estimate of drug-likeness (QED) is 0.685. The highest BCUT2D eigenvalue weighted by molar-refractivity contribution is 5.81. The molecule has 0 aliphatic rings. The van der Waals surface area contributed by atoms with Gasteiger partial charge in [-0.15, -0.1) is 0 Å². The number of amides is 1. The smallest absolute Gasteiger partial charge is 0.227 e. The van der Waals surface area contributed by atoms with Gasteiger partial charge < -0.3 is 10.6 Å². The molecule has 0 fully saturated rings. The Morgan fingerprint density at radius 1 is 1.42 bits per heavy atom. The summed E-state index contributed by atoms with van der Waals surface area (Å²) in [4.78, 5) is 13.4. The second-order valence-corrected chi connectivity index (χ2v) is 3.92. The molecule has 72 valence electrons. The molecular weight excluding hydrogens is 152 g/mol. The number of carbonyl (C=O) groups excluding carboxylic acids is 1. The maximum absolute atomic E-state index is 11.7. The van der Waals surface area contributed by atoms with Crippen molar-refractivity contribution in [3.8, 4) is 0 Å². The van der Waals surface area contributed by atoms with E-state index in [4.69, 9.17) is 5.73 Å². The SMILES string of the molecule is CCN(CCN)C(=O)C(C)(C)C. The molecule has 0 rings (SSSR count). The van der Waals surface area contributed by atoms with Crippen LogP contribution in [0.15, 0.2) is 0 Å². The van der Waals surface area contributed by atoms with E-state index in [9.17, 15) is 4.79 Å². The number of hydrogen-bond donors (Lipinski definition) is 1. The van der Waals surface area contributed by atoms with Crippen LogP contribution in [0, 0.1) is 5.41 Å². The highest BCUT2D eigenvalue weighted by Crippen LogP contribution is 2.16. The van der Waals surface area contributed by atoms with Crippen molar-refractivity contribution in [2.24, 2.45) is 11.1 Å². The van der Waals surface area contributed by atoms with E-state index >= 15 is 0 Å². The van der Waals surface area contributed by atoms with Gasteiger partial charge in [-0.1, -0.05) is 20.8 Å². The van der Waals surface area contributed by atoms with Gasteiger partial charge in [0.1, 0.15) is 0 Å². The van der Waals surface area contributed by atoms with E-state index in [0.29, 0.717) is 13.1 Å². The Kier molecular flexibility index (Phi) is 4.24. The Morgan fingerprint density at radius 3 is 2.17 bits per heavy atom. The van der Waals surface area contributed by atoms with Crippen LogP contribution in [-0.4, -0.2) is 30.4 Å². The van der Waals surface area contributed by atoms with Gasteiger partial charge in [0.15, 0.2) is 0 Å². The van der Waals surface area contributed by atoms with Crippen LogP contribution in [0.3, 0.4) is 0 Å². The summed E-state index contributed by atoms with van der Waals surface area (Å²) in [5.74, 6) is 0.176. The lowest BCUT2D eigenvalue weighted by atomic mass is 9.95. The topological polar surface area (TPSA) is 46.3 Å². The largest absolute Gasteiger partial charge is 0.341 e. The molecule has 0 unspecified atom stereocenters. The lowest BCUT2D eigenvalue weighted by Gasteiger charge is -2.27. The number of carbonyl (C=O) groups is 1. The predicted octanol–water partition coefficient (Wildman–Crippen LogP) is 0.840. The minimum Gasteiger partial charge on any atom is -0.341 e. The zero-order valence-electron chi connectivity index (χ0n) is 8.55. The van der Waals surface area contributed by atoms with Crippen molar-refractivity contribution in [2.75, 3.05) is 19.6 Å². The molecule has 0 radical (unpaired) electrons. The van der Waals surface area contributed by atoms with Crippen LogP contribution in [0.4, 0.5) is 0 Å². The second kappa shape index (κ2) is 4.45. The third kappa shape index (κ3) is 3.22. The van der Waals surface area contributed by atoms with E-state index in [-0.39, 0.29) is 11.3 Å². The molecule has 0 bridgehead atoms. The molecule has 3 nitrogen and oxygen atoms in total. The number of likely N-dealkylation sites (N-methyl/N-ethyl adjacent to an activating group) is 1. The zero-order chi connectivity index (χ0) is 9.78. The fourth-order valence-electron chi connectivity index (χ4n) is 1.03. The normalized spacial score (nSPS) is 11.4. The van der Waals surface area contributed by atoms with Gasteiger partial charge in [0.05, 0.1) is 0 Å². The van der Waals surface area contributed by atoms with Crippen molar-refractivity contribution >= 4 is 5.91 Å². The van der Waals surface area contributed by atoms with Gasteiger partial charge in [-0.3, -0.25) is 4.79 Å². The van der Waals surface area contributed by atoms with Crippen LogP contribution >= 0.6 is 0 Å². The fraction of sp³-hybridized carbons (Fsp3) is 0.889. The van der Waals surface area contributed by atoms with Crippen LogP contribution in [0.5, 0.6) is 0 Å². The summed E-state index contributed by atoms with van der Waals surface area (Å²) in [7, 11) is 0. The Labute approximate surface area is 74.9 Å². The molecule has 0 spiro atoms. The Hall–Kier alpha value is -0.570. The van der Waals surface area contributed by atoms with Gasteiger partial charge in [0, 0.05) is 25.0 Å². The average Bonchev–Trinajstić information content (AvgIpc) is 1.97. The third-order valence-corrected chi connectivity index (χ3v) is 1.71. The molecule has 1 amide bonds. The van der Waals surface area contributed by atoms with E-state index in [1.807, 2.05) is 27.7 Å². The molecule has 0 saturated heterocycles. The molecule has 0 aromatic heterocycles. The van der Waals surface area contributed by atoms with Gasteiger partial charge >= 0.3 is 0 Å². The van der Waals surface area contributed by atoms with Gasteiger partial charge in [-0.2, -0.15) is 0 Å². The van der Waals surface area contributed by atoms with Crippen molar-refractivity contribution in [3.63, 3.8) is 0 Å². The van der Waals surface area contributed by atoms with Crippen LogP contribution in [0.2, 0.25) is 0 Å². The summed E-state index contributed by atoms with van der Waals surface area (Å²) in [6.07, 6.45) is 0. The molecular formula is C9H20N2O. The summed E-state index contributed by atoms with van der Waals surface area (Å²) >= 11 is 0. The maximum Gasteiger partial charge on any atom is 0.227 e. The van der Waals surface area contributed by atoms with Crippen LogP contribution in [0.25, 0.3) is 0 Å². The minimum absolute atomic E-state index is 0.176. The predicted molar refractivity (Wildman–Crippen MR) is 50.8 cm³/mol. The minimum atomic E-state index is -0.287. The maximum atomic E-state index is 11.7. The van der Waals surface area contributed by atoms with E-state index in [2.05, 4.69) is 0 Å². The Morgan fingerprint density at radius 2 is 1.92 bits per heavy atom. The molecule has 2 N–H and O–H groups in total. The van der Waals surface area contributed by atoms with E-state index in [1.165, 1.54) is 0 Å². The average molecular weight is 172 g/mol. The lowest BCUT2D eigenvalue weighted by Crippen LogP contribution is -2.41. The standard InChI is InChI=1S/C9H20N2O/c1-5-11(7-6-10)8(12)9(2,3)4/h5-7,10H2,1-4H3. The van der Waals surface area contributed by atoms with Crippen LogP contribution in [0.1, 0.15) is 27.7 Å². The first-order valence-corrected chi connectivity index (χ1v) is 4.43. The first-order valence-electron chi connectivity index (χ1n) is 4.43. The van der Waals surface area contributed by atoms with E-state index in [1.54, 1.807) is 4.90 Å². The highest BCUT2D eigenvalue weighted by atomic mass is 16.2. The van der Waals surface area contributed by atoms with Gasteiger partial charge in [0.2, 0.25) is 5.91 Å². The molecule has 3 heteroatoms. The highest BCUT2D eigenvalue weighted by Gasteiger charge is 2.25. The van der Waals surface area contributed by atoms with Crippen molar-refractivity contribution in [2.45, 2.75) is 27.7 Å². The van der Waals surface area contributed by atoms with Crippen molar-refractivity contribution in [1.82, 2.24) is 4.90 Å². The summed E-state index contributed by atoms with van der Waals surface area (Å²) in [6, 6.07) is 0. The van der Waals surface area contributed by atoms with Gasteiger partial charge in [0.25, 0.3) is 0 Å². The number of hydrogen-bond acceptors (Lipinski definition) is 2. The van der Waals surface area contributed by atoms with E-state index in [0.717, 1.165) is 6.54 Å². The van der Waals surface area contributed by atoms with Crippen molar-refractivity contribution in [1.29, 1.82) is 0 Å². The lowest BCUT2D eigenvalue weighted by molar-refractivity contribution is -0.139. The second-order valence-electron chi connectivity index (χ2n) is 3.92. The van der Waals surface area contributed by atoms with E-state index < -0.39 is 0 Å². The fourth-order valence-corrected chi connectivity index (χ4v) is 1.03. The number of rotatable bonds is 3.